The van der Waals surface area contributed by atoms with Gasteiger partial charge in [0.25, 0.3) is 0 Å². The summed E-state index contributed by atoms with van der Waals surface area (Å²) in [6, 6.07) is 12.5. The summed E-state index contributed by atoms with van der Waals surface area (Å²) in [4.78, 5) is 9.17. The highest BCUT2D eigenvalue weighted by atomic mass is 16.3. The van der Waals surface area contributed by atoms with Gasteiger partial charge in [0, 0.05) is 49.5 Å². The summed E-state index contributed by atoms with van der Waals surface area (Å²) in [5.74, 6) is 0.736. The van der Waals surface area contributed by atoms with Crippen molar-refractivity contribution < 1.29 is 4.42 Å². The fourth-order valence-corrected chi connectivity index (χ4v) is 3.91. The van der Waals surface area contributed by atoms with E-state index in [0.29, 0.717) is 0 Å². The second-order valence-corrected chi connectivity index (χ2v) is 7.20. The van der Waals surface area contributed by atoms with Crippen LogP contribution in [-0.4, -0.2) is 41.5 Å². The lowest BCUT2D eigenvalue weighted by molar-refractivity contribution is 0.254. The van der Waals surface area contributed by atoms with Crippen molar-refractivity contribution >= 4 is 11.0 Å². The standard InChI is InChI=1S/C21H25N3O/c1-23(12-17-5-4-9-22-11-17)13-18-8-10-24(14-18)15-19-16-25-21-7-3-2-6-20(19)21/h2-7,9,11,16,18H,8,10,12-15H2,1H3. The Hall–Kier alpha value is -2.17. The van der Waals surface area contributed by atoms with Crippen LogP contribution in [0.3, 0.4) is 0 Å². The maximum absolute atomic E-state index is 5.68. The molecular weight excluding hydrogens is 310 g/mol. The Balaban J connectivity index is 1.31. The smallest absolute Gasteiger partial charge is 0.134 e. The molecule has 4 nitrogen and oxygen atoms in total. The minimum atomic E-state index is 0.736. The molecule has 1 aliphatic heterocycles. The van der Waals surface area contributed by atoms with Crippen molar-refractivity contribution in [2.75, 3.05) is 26.7 Å². The van der Waals surface area contributed by atoms with Crippen LogP contribution in [0.1, 0.15) is 17.5 Å². The van der Waals surface area contributed by atoms with E-state index < -0.39 is 0 Å². The zero-order valence-electron chi connectivity index (χ0n) is 14.8. The second-order valence-electron chi connectivity index (χ2n) is 7.20. The molecule has 0 N–H and O–H groups in total. The maximum Gasteiger partial charge on any atom is 0.134 e. The Bertz CT molecular complexity index is 814. The van der Waals surface area contributed by atoms with Crippen LogP contribution in [0.25, 0.3) is 11.0 Å². The van der Waals surface area contributed by atoms with Crippen LogP contribution in [0.5, 0.6) is 0 Å². The van der Waals surface area contributed by atoms with Crippen LogP contribution in [0.15, 0.2) is 59.5 Å². The van der Waals surface area contributed by atoms with E-state index in [1.165, 1.54) is 29.5 Å². The van der Waals surface area contributed by atoms with Crippen LogP contribution in [0.4, 0.5) is 0 Å². The summed E-state index contributed by atoms with van der Waals surface area (Å²) in [5, 5.41) is 1.25. The molecule has 25 heavy (non-hydrogen) atoms. The average Bonchev–Trinajstić information content (AvgIpc) is 3.23. The number of fused-ring (bicyclic) bond motifs is 1. The molecule has 1 aliphatic rings. The van der Waals surface area contributed by atoms with Gasteiger partial charge in [-0.3, -0.25) is 9.88 Å². The summed E-state index contributed by atoms with van der Waals surface area (Å²) in [6.45, 7) is 5.43. The summed E-state index contributed by atoms with van der Waals surface area (Å²) < 4.78 is 5.68. The first kappa shape index (κ1) is 16.3. The van der Waals surface area contributed by atoms with Gasteiger partial charge >= 0.3 is 0 Å². The molecule has 1 aromatic carbocycles. The van der Waals surface area contributed by atoms with Gasteiger partial charge in [-0.1, -0.05) is 24.3 Å². The van der Waals surface area contributed by atoms with Gasteiger partial charge in [0.2, 0.25) is 0 Å². The highest BCUT2D eigenvalue weighted by Crippen LogP contribution is 2.25. The molecule has 130 valence electrons. The number of para-hydroxylation sites is 1. The molecule has 0 saturated carbocycles. The number of pyridine rings is 1. The van der Waals surface area contributed by atoms with E-state index in [0.717, 1.165) is 37.7 Å². The lowest BCUT2D eigenvalue weighted by Crippen LogP contribution is -2.28. The van der Waals surface area contributed by atoms with E-state index in [1.54, 1.807) is 0 Å². The number of rotatable bonds is 6. The molecule has 0 spiro atoms. The topological polar surface area (TPSA) is 32.5 Å². The average molecular weight is 335 g/mol. The summed E-state index contributed by atoms with van der Waals surface area (Å²) in [7, 11) is 2.21. The molecule has 3 aromatic rings. The minimum absolute atomic E-state index is 0.736. The molecule has 0 bridgehead atoms. The number of aromatic nitrogens is 1. The van der Waals surface area contributed by atoms with E-state index in [9.17, 15) is 0 Å². The van der Waals surface area contributed by atoms with Crippen molar-refractivity contribution in [2.45, 2.75) is 19.5 Å². The molecule has 4 heteroatoms. The first-order valence-corrected chi connectivity index (χ1v) is 9.03. The number of likely N-dealkylation sites (tertiary alicyclic amines) is 1. The molecule has 0 aliphatic carbocycles. The quantitative estimate of drug-likeness (QED) is 0.686. The van der Waals surface area contributed by atoms with Gasteiger partial charge in [-0.15, -0.1) is 0 Å². The van der Waals surface area contributed by atoms with E-state index in [4.69, 9.17) is 4.42 Å². The molecule has 0 amide bonds. The monoisotopic (exact) mass is 335 g/mol. The maximum atomic E-state index is 5.68. The molecule has 0 radical (unpaired) electrons. The molecule has 1 atom stereocenters. The van der Waals surface area contributed by atoms with Crippen LogP contribution in [0, 0.1) is 5.92 Å². The Morgan fingerprint density at radius 1 is 1.24 bits per heavy atom. The van der Waals surface area contributed by atoms with Crippen molar-refractivity contribution in [2.24, 2.45) is 5.92 Å². The first-order chi connectivity index (χ1) is 12.3. The number of hydrogen-bond donors (Lipinski definition) is 0. The fourth-order valence-electron chi connectivity index (χ4n) is 3.91. The predicted molar refractivity (Wildman–Crippen MR) is 100 cm³/mol. The van der Waals surface area contributed by atoms with Crippen molar-refractivity contribution in [3.05, 3.63) is 66.2 Å². The van der Waals surface area contributed by atoms with Gasteiger partial charge in [-0.05, 0) is 43.6 Å². The molecule has 2 aromatic heterocycles. The molecule has 4 rings (SSSR count). The van der Waals surface area contributed by atoms with Gasteiger partial charge in [0.05, 0.1) is 6.26 Å². The molecule has 3 heterocycles. The van der Waals surface area contributed by atoms with Crippen molar-refractivity contribution in [3.8, 4) is 0 Å². The van der Waals surface area contributed by atoms with Gasteiger partial charge in [-0.2, -0.15) is 0 Å². The van der Waals surface area contributed by atoms with Gasteiger partial charge in [0.1, 0.15) is 5.58 Å². The fraction of sp³-hybridized carbons (Fsp3) is 0.381. The SMILES string of the molecule is CN(Cc1cccnc1)CC1CCN(Cc2coc3ccccc23)C1. The Morgan fingerprint density at radius 3 is 3.04 bits per heavy atom. The van der Waals surface area contributed by atoms with E-state index in [2.05, 4.69) is 40.0 Å². The summed E-state index contributed by atoms with van der Waals surface area (Å²) in [6.07, 6.45) is 6.99. The predicted octanol–water partition coefficient (Wildman–Crippen LogP) is 3.78. The summed E-state index contributed by atoms with van der Waals surface area (Å²) in [5.41, 5.74) is 3.58. The van der Waals surface area contributed by atoms with Gasteiger partial charge < -0.3 is 9.32 Å². The highest BCUT2D eigenvalue weighted by Gasteiger charge is 2.24. The zero-order valence-corrected chi connectivity index (χ0v) is 14.8. The number of benzene rings is 1. The third kappa shape index (κ3) is 3.91. The summed E-state index contributed by atoms with van der Waals surface area (Å²) >= 11 is 0. The lowest BCUT2D eigenvalue weighted by atomic mass is 10.1. The molecular formula is C21H25N3O. The first-order valence-electron chi connectivity index (χ1n) is 9.03. The van der Waals surface area contributed by atoms with Crippen molar-refractivity contribution in [3.63, 3.8) is 0 Å². The number of furan rings is 1. The zero-order chi connectivity index (χ0) is 17.1. The second kappa shape index (κ2) is 7.38. The number of hydrogen-bond acceptors (Lipinski definition) is 4. The van der Waals surface area contributed by atoms with E-state index >= 15 is 0 Å². The molecule has 1 unspecified atom stereocenters. The van der Waals surface area contributed by atoms with Crippen molar-refractivity contribution in [1.82, 2.24) is 14.8 Å². The molecule has 1 fully saturated rings. The van der Waals surface area contributed by atoms with Crippen LogP contribution < -0.4 is 0 Å². The Morgan fingerprint density at radius 2 is 2.16 bits per heavy atom. The lowest BCUT2D eigenvalue weighted by Gasteiger charge is -2.21. The van der Waals surface area contributed by atoms with Gasteiger partial charge in [-0.25, -0.2) is 0 Å². The minimum Gasteiger partial charge on any atom is -0.464 e. The molecule has 1 saturated heterocycles. The van der Waals surface area contributed by atoms with Gasteiger partial charge in [0.15, 0.2) is 0 Å². The van der Waals surface area contributed by atoms with E-state index in [1.807, 2.05) is 36.9 Å². The van der Waals surface area contributed by atoms with E-state index in [-0.39, 0.29) is 0 Å². The van der Waals surface area contributed by atoms with Crippen molar-refractivity contribution in [1.29, 1.82) is 0 Å². The third-order valence-electron chi connectivity index (χ3n) is 5.07. The van der Waals surface area contributed by atoms with Crippen LogP contribution in [0.2, 0.25) is 0 Å². The number of nitrogens with zero attached hydrogens (tertiary/aromatic N) is 3. The largest absolute Gasteiger partial charge is 0.464 e. The highest BCUT2D eigenvalue weighted by molar-refractivity contribution is 5.80. The van der Waals surface area contributed by atoms with Crippen LogP contribution >= 0.6 is 0 Å². The third-order valence-corrected chi connectivity index (χ3v) is 5.07. The van der Waals surface area contributed by atoms with Crippen LogP contribution in [-0.2, 0) is 13.1 Å². The Kier molecular flexibility index (Phi) is 4.81. The Labute approximate surface area is 149 Å². The normalized spacial score (nSPS) is 18.4.